The number of piperazine rings is 1. The first kappa shape index (κ1) is 24.7. The minimum atomic E-state index is -0.322. The zero-order valence-electron chi connectivity index (χ0n) is 20.8. The third kappa shape index (κ3) is 6.04. The molecule has 0 atom stereocenters. The molecule has 0 radical (unpaired) electrons. The van der Waals surface area contributed by atoms with Gasteiger partial charge in [-0.15, -0.1) is 10.2 Å². The molecule has 1 aliphatic carbocycles. The van der Waals surface area contributed by atoms with E-state index in [0.717, 1.165) is 41.2 Å². The molecule has 1 aromatic heterocycles. The van der Waals surface area contributed by atoms with Crippen molar-refractivity contribution in [2.75, 3.05) is 44.7 Å². The van der Waals surface area contributed by atoms with E-state index in [-0.39, 0.29) is 30.1 Å². The van der Waals surface area contributed by atoms with Gasteiger partial charge in [0.1, 0.15) is 18.1 Å². The van der Waals surface area contributed by atoms with Crippen molar-refractivity contribution in [2.24, 2.45) is 5.92 Å². The summed E-state index contributed by atoms with van der Waals surface area (Å²) in [6.07, 6.45) is 1.73. The summed E-state index contributed by atoms with van der Waals surface area (Å²) in [5, 5.41) is 8.79. The molecule has 37 heavy (non-hydrogen) atoms. The SMILES string of the molecule is COc1cccc(-c2ccc(N3CCN(C(=O)CN(Cc4ccc(F)cc4)C(=O)C4CC4)CC3)nn2)c1. The quantitative estimate of drug-likeness (QED) is 0.469. The fourth-order valence-electron chi connectivity index (χ4n) is 4.49. The number of methoxy groups -OCH3 is 1. The fourth-order valence-corrected chi connectivity index (χ4v) is 4.49. The number of hydrogen-bond donors (Lipinski definition) is 0. The smallest absolute Gasteiger partial charge is 0.242 e. The van der Waals surface area contributed by atoms with E-state index >= 15 is 0 Å². The van der Waals surface area contributed by atoms with E-state index in [9.17, 15) is 14.0 Å². The van der Waals surface area contributed by atoms with Gasteiger partial charge in [0.25, 0.3) is 0 Å². The van der Waals surface area contributed by atoms with Gasteiger partial charge in [-0.25, -0.2) is 4.39 Å². The molecule has 2 aromatic carbocycles. The third-order valence-electron chi connectivity index (χ3n) is 6.82. The monoisotopic (exact) mass is 503 g/mol. The van der Waals surface area contributed by atoms with E-state index in [1.165, 1.54) is 12.1 Å². The summed E-state index contributed by atoms with van der Waals surface area (Å²) in [5.74, 6) is 1.14. The summed E-state index contributed by atoms with van der Waals surface area (Å²) in [4.78, 5) is 31.5. The molecule has 0 bridgehead atoms. The van der Waals surface area contributed by atoms with Crippen molar-refractivity contribution in [2.45, 2.75) is 19.4 Å². The molecule has 2 amide bonds. The van der Waals surface area contributed by atoms with Crippen molar-refractivity contribution in [3.63, 3.8) is 0 Å². The Balaban J connectivity index is 1.17. The van der Waals surface area contributed by atoms with Gasteiger partial charge >= 0.3 is 0 Å². The highest BCUT2D eigenvalue weighted by molar-refractivity contribution is 5.87. The Kier molecular flexibility index (Phi) is 7.30. The Hall–Kier alpha value is -4.01. The molecule has 0 spiro atoms. The predicted molar refractivity (Wildman–Crippen MR) is 137 cm³/mol. The fraction of sp³-hybridized carbons (Fsp3) is 0.357. The number of hydrogen-bond acceptors (Lipinski definition) is 6. The van der Waals surface area contributed by atoms with E-state index in [2.05, 4.69) is 15.1 Å². The van der Waals surface area contributed by atoms with Gasteiger partial charge in [0.15, 0.2) is 5.82 Å². The molecule has 0 unspecified atom stereocenters. The average molecular weight is 504 g/mol. The zero-order chi connectivity index (χ0) is 25.8. The molecule has 9 heteroatoms. The number of ether oxygens (including phenoxy) is 1. The van der Waals surface area contributed by atoms with Gasteiger partial charge in [-0.2, -0.15) is 0 Å². The standard InChI is InChI=1S/C28H30FN5O3/c1-37-24-4-2-3-22(17-24)25-11-12-26(31-30-25)32-13-15-33(16-14-32)27(35)19-34(28(36)21-7-8-21)18-20-5-9-23(29)10-6-20/h2-6,9-12,17,21H,7-8,13-16,18-19H2,1H3. The molecule has 1 saturated carbocycles. The molecular weight excluding hydrogens is 473 g/mol. The van der Waals surface area contributed by atoms with Gasteiger partial charge in [-0.05, 0) is 54.8 Å². The van der Waals surface area contributed by atoms with Gasteiger partial charge in [0, 0.05) is 44.2 Å². The maximum atomic E-state index is 13.3. The highest BCUT2D eigenvalue weighted by Gasteiger charge is 2.35. The number of anilines is 1. The summed E-state index contributed by atoms with van der Waals surface area (Å²) in [5.41, 5.74) is 2.50. The summed E-state index contributed by atoms with van der Waals surface area (Å²) < 4.78 is 18.6. The largest absolute Gasteiger partial charge is 0.497 e. The Bertz CT molecular complexity index is 1240. The average Bonchev–Trinajstić information content (AvgIpc) is 3.79. The molecule has 1 saturated heterocycles. The number of benzene rings is 2. The van der Waals surface area contributed by atoms with Crippen LogP contribution in [-0.2, 0) is 16.1 Å². The van der Waals surface area contributed by atoms with Crippen molar-refractivity contribution in [1.82, 2.24) is 20.0 Å². The van der Waals surface area contributed by atoms with Gasteiger partial charge in [0.05, 0.1) is 12.8 Å². The first-order chi connectivity index (χ1) is 18.0. The second kappa shape index (κ2) is 10.9. The zero-order valence-corrected chi connectivity index (χ0v) is 20.8. The number of nitrogens with zero attached hydrogens (tertiary/aromatic N) is 5. The van der Waals surface area contributed by atoms with Crippen LogP contribution >= 0.6 is 0 Å². The van der Waals surface area contributed by atoms with Crippen LogP contribution in [0.2, 0.25) is 0 Å². The molecular formula is C28H30FN5O3. The van der Waals surface area contributed by atoms with Crippen molar-refractivity contribution >= 4 is 17.6 Å². The number of halogens is 1. The van der Waals surface area contributed by atoms with Gasteiger partial charge < -0.3 is 19.4 Å². The van der Waals surface area contributed by atoms with E-state index in [4.69, 9.17) is 4.74 Å². The highest BCUT2D eigenvalue weighted by atomic mass is 19.1. The van der Waals surface area contributed by atoms with Crippen LogP contribution in [0.25, 0.3) is 11.3 Å². The Morgan fingerprint density at radius 2 is 1.76 bits per heavy atom. The van der Waals surface area contributed by atoms with Crippen LogP contribution in [0.1, 0.15) is 18.4 Å². The first-order valence-corrected chi connectivity index (χ1v) is 12.5. The van der Waals surface area contributed by atoms with Crippen molar-refractivity contribution in [1.29, 1.82) is 0 Å². The molecule has 3 aromatic rings. The molecule has 192 valence electrons. The minimum absolute atomic E-state index is 0.00251. The van der Waals surface area contributed by atoms with Crippen molar-refractivity contribution in [3.8, 4) is 17.0 Å². The summed E-state index contributed by atoms with van der Waals surface area (Å²) in [6, 6.07) is 17.6. The second-order valence-corrected chi connectivity index (χ2v) is 9.47. The van der Waals surface area contributed by atoms with Crippen LogP contribution in [0.5, 0.6) is 5.75 Å². The van der Waals surface area contributed by atoms with Crippen LogP contribution in [0.15, 0.2) is 60.7 Å². The summed E-state index contributed by atoms with van der Waals surface area (Å²) in [6.45, 7) is 2.68. The lowest BCUT2D eigenvalue weighted by atomic mass is 10.1. The molecule has 2 heterocycles. The summed E-state index contributed by atoms with van der Waals surface area (Å²) >= 11 is 0. The number of carbonyl (C=O) groups excluding carboxylic acids is 2. The van der Waals surface area contributed by atoms with E-state index < -0.39 is 0 Å². The third-order valence-corrected chi connectivity index (χ3v) is 6.82. The van der Waals surface area contributed by atoms with E-state index in [1.807, 2.05) is 36.4 Å². The van der Waals surface area contributed by atoms with Crippen molar-refractivity contribution < 1.29 is 18.7 Å². The lowest BCUT2D eigenvalue weighted by Gasteiger charge is -2.36. The Labute approximate surface area is 215 Å². The van der Waals surface area contributed by atoms with Crippen LogP contribution in [0, 0.1) is 11.7 Å². The number of rotatable bonds is 8. The van der Waals surface area contributed by atoms with Crippen LogP contribution < -0.4 is 9.64 Å². The van der Waals surface area contributed by atoms with Crippen LogP contribution in [-0.4, -0.2) is 71.6 Å². The maximum Gasteiger partial charge on any atom is 0.242 e. The number of aromatic nitrogens is 2. The normalized spacial score (nSPS) is 15.4. The number of amides is 2. The highest BCUT2D eigenvalue weighted by Crippen LogP contribution is 2.31. The van der Waals surface area contributed by atoms with Gasteiger partial charge in [0.2, 0.25) is 11.8 Å². The predicted octanol–water partition coefficient (Wildman–Crippen LogP) is 3.38. The second-order valence-electron chi connectivity index (χ2n) is 9.47. The maximum absolute atomic E-state index is 13.3. The molecule has 8 nitrogen and oxygen atoms in total. The topological polar surface area (TPSA) is 78.9 Å². The lowest BCUT2D eigenvalue weighted by Crippen LogP contribution is -2.52. The Morgan fingerprint density at radius 3 is 2.41 bits per heavy atom. The minimum Gasteiger partial charge on any atom is -0.497 e. The van der Waals surface area contributed by atoms with Gasteiger partial charge in [-0.3, -0.25) is 9.59 Å². The van der Waals surface area contributed by atoms with Crippen LogP contribution in [0.4, 0.5) is 10.2 Å². The lowest BCUT2D eigenvalue weighted by molar-refractivity contribution is -0.142. The first-order valence-electron chi connectivity index (χ1n) is 12.5. The molecule has 0 N–H and O–H groups in total. The molecule has 2 fully saturated rings. The molecule has 2 aliphatic rings. The van der Waals surface area contributed by atoms with Crippen LogP contribution in [0.3, 0.4) is 0 Å². The molecule has 1 aliphatic heterocycles. The van der Waals surface area contributed by atoms with E-state index in [1.54, 1.807) is 29.0 Å². The van der Waals surface area contributed by atoms with Crippen molar-refractivity contribution in [3.05, 3.63) is 72.0 Å². The summed E-state index contributed by atoms with van der Waals surface area (Å²) in [7, 11) is 1.63. The Morgan fingerprint density at radius 1 is 1.00 bits per heavy atom. The van der Waals surface area contributed by atoms with Gasteiger partial charge in [-0.1, -0.05) is 24.3 Å². The number of carbonyl (C=O) groups is 2. The van der Waals surface area contributed by atoms with E-state index in [0.29, 0.717) is 32.7 Å². The molecule has 5 rings (SSSR count).